The van der Waals surface area contributed by atoms with E-state index in [1.54, 1.807) is 7.11 Å². The third-order valence-corrected chi connectivity index (χ3v) is 5.40. The molecule has 5 heteroatoms. The fourth-order valence-corrected chi connectivity index (χ4v) is 3.67. The van der Waals surface area contributed by atoms with Crippen LogP contribution in [0.5, 0.6) is 5.75 Å². The molecule has 4 nitrogen and oxygen atoms in total. The predicted octanol–water partition coefficient (Wildman–Crippen LogP) is 4.33. The Morgan fingerprint density at radius 1 is 1.16 bits per heavy atom. The van der Waals surface area contributed by atoms with Crippen LogP contribution in [0.2, 0.25) is 0 Å². The Bertz CT molecular complexity index is 725. The molecule has 132 valence electrons. The lowest BCUT2D eigenvalue weighted by Gasteiger charge is -2.19. The van der Waals surface area contributed by atoms with Crippen molar-refractivity contribution in [2.75, 3.05) is 36.2 Å². The molecule has 0 atom stereocenters. The van der Waals surface area contributed by atoms with Crippen LogP contribution in [-0.2, 0) is 4.79 Å². The first-order valence-electron chi connectivity index (χ1n) is 8.58. The number of benzene rings is 2. The van der Waals surface area contributed by atoms with E-state index >= 15 is 0 Å². The topological polar surface area (TPSA) is 41.6 Å². The highest BCUT2D eigenvalue weighted by Crippen LogP contribution is 2.26. The van der Waals surface area contributed by atoms with Gasteiger partial charge in [-0.2, -0.15) is 0 Å². The number of ether oxygens (including phenoxy) is 1. The Morgan fingerprint density at radius 2 is 1.88 bits per heavy atom. The quantitative estimate of drug-likeness (QED) is 0.782. The van der Waals surface area contributed by atoms with E-state index in [1.807, 2.05) is 37.3 Å². The van der Waals surface area contributed by atoms with Gasteiger partial charge in [-0.05, 0) is 67.8 Å². The number of methoxy groups -OCH3 is 1. The van der Waals surface area contributed by atoms with Crippen LogP contribution in [0, 0.1) is 6.92 Å². The molecule has 0 bridgehead atoms. The molecule has 2 aromatic rings. The molecule has 0 spiro atoms. The van der Waals surface area contributed by atoms with Crippen LogP contribution in [-0.4, -0.2) is 31.9 Å². The highest BCUT2D eigenvalue weighted by molar-refractivity contribution is 8.00. The number of hydrogen-bond donors (Lipinski definition) is 1. The van der Waals surface area contributed by atoms with Crippen LogP contribution >= 0.6 is 11.8 Å². The first-order valence-corrected chi connectivity index (χ1v) is 9.56. The number of thioether (sulfide) groups is 1. The second-order valence-electron chi connectivity index (χ2n) is 6.21. The van der Waals surface area contributed by atoms with E-state index in [-0.39, 0.29) is 5.91 Å². The van der Waals surface area contributed by atoms with Gasteiger partial charge in [-0.3, -0.25) is 4.79 Å². The lowest BCUT2D eigenvalue weighted by atomic mass is 10.1. The van der Waals surface area contributed by atoms with E-state index in [1.165, 1.54) is 30.3 Å². The van der Waals surface area contributed by atoms with E-state index in [0.29, 0.717) is 5.75 Å². The summed E-state index contributed by atoms with van der Waals surface area (Å²) >= 11 is 1.52. The van der Waals surface area contributed by atoms with Crippen molar-refractivity contribution < 1.29 is 9.53 Å². The lowest BCUT2D eigenvalue weighted by molar-refractivity contribution is -0.113. The fraction of sp³-hybridized carbons (Fsp3) is 0.350. The number of nitrogens with zero attached hydrogens (tertiary/aromatic N) is 1. The van der Waals surface area contributed by atoms with Crippen LogP contribution in [0.4, 0.5) is 11.4 Å². The Morgan fingerprint density at radius 3 is 2.52 bits per heavy atom. The molecule has 1 aliphatic rings. The second kappa shape index (κ2) is 8.30. The summed E-state index contributed by atoms with van der Waals surface area (Å²) in [6.45, 7) is 4.30. The summed E-state index contributed by atoms with van der Waals surface area (Å²) in [5.74, 6) is 1.22. The monoisotopic (exact) mass is 356 g/mol. The molecule has 1 fully saturated rings. The molecule has 1 amide bonds. The zero-order valence-corrected chi connectivity index (χ0v) is 15.6. The van der Waals surface area contributed by atoms with Crippen LogP contribution < -0.4 is 15.0 Å². The average molecular weight is 356 g/mol. The Hall–Kier alpha value is -2.14. The zero-order chi connectivity index (χ0) is 17.6. The largest absolute Gasteiger partial charge is 0.497 e. The second-order valence-corrected chi connectivity index (χ2v) is 7.25. The number of rotatable bonds is 6. The average Bonchev–Trinajstić information content (AvgIpc) is 3.17. The highest BCUT2D eigenvalue weighted by atomic mass is 32.2. The summed E-state index contributed by atoms with van der Waals surface area (Å²) < 4.78 is 5.14. The minimum absolute atomic E-state index is 0.0119. The molecule has 25 heavy (non-hydrogen) atoms. The first-order chi connectivity index (χ1) is 12.2. The molecule has 1 N–H and O–H groups in total. The van der Waals surface area contributed by atoms with Crippen molar-refractivity contribution in [1.29, 1.82) is 0 Å². The van der Waals surface area contributed by atoms with E-state index in [0.717, 1.165) is 35.0 Å². The minimum atomic E-state index is 0.0119. The van der Waals surface area contributed by atoms with E-state index < -0.39 is 0 Å². The number of aryl methyl sites for hydroxylation is 1. The van der Waals surface area contributed by atoms with Crippen LogP contribution in [0.25, 0.3) is 0 Å². The van der Waals surface area contributed by atoms with E-state index in [9.17, 15) is 4.79 Å². The fourth-order valence-electron chi connectivity index (χ4n) is 2.97. The van der Waals surface area contributed by atoms with Crippen molar-refractivity contribution >= 4 is 29.0 Å². The van der Waals surface area contributed by atoms with Gasteiger partial charge in [0, 0.05) is 29.4 Å². The molecule has 1 aliphatic heterocycles. The summed E-state index contributed by atoms with van der Waals surface area (Å²) in [6, 6.07) is 14.0. The van der Waals surface area contributed by atoms with Crippen LogP contribution in [0.3, 0.4) is 0 Å². The van der Waals surface area contributed by atoms with Gasteiger partial charge in [0.25, 0.3) is 0 Å². The summed E-state index contributed by atoms with van der Waals surface area (Å²) in [5, 5.41) is 3.02. The van der Waals surface area contributed by atoms with Crippen molar-refractivity contribution in [3.8, 4) is 5.75 Å². The van der Waals surface area contributed by atoms with Gasteiger partial charge >= 0.3 is 0 Å². The van der Waals surface area contributed by atoms with Gasteiger partial charge < -0.3 is 15.0 Å². The normalized spacial score (nSPS) is 13.8. The lowest BCUT2D eigenvalue weighted by Crippen LogP contribution is -2.18. The van der Waals surface area contributed by atoms with Crippen molar-refractivity contribution in [2.24, 2.45) is 0 Å². The Balaban J connectivity index is 1.54. The first kappa shape index (κ1) is 17.7. The summed E-state index contributed by atoms with van der Waals surface area (Å²) in [4.78, 5) is 15.7. The third kappa shape index (κ3) is 4.69. The standard InChI is InChI=1S/C20H24N2O2S/c1-15-13-16(22-11-3-4-12-22)5-10-19(15)21-20(23)14-25-18-8-6-17(24-2)7-9-18/h5-10,13H,3-4,11-12,14H2,1-2H3,(H,21,23). The predicted molar refractivity (Wildman–Crippen MR) is 105 cm³/mol. The van der Waals surface area contributed by atoms with Gasteiger partial charge in [0.15, 0.2) is 0 Å². The van der Waals surface area contributed by atoms with Gasteiger partial charge in [0.2, 0.25) is 5.91 Å². The number of carbonyl (C=O) groups is 1. The van der Waals surface area contributed by atoms with Crippen molar-refractivity contribution in [3.05, 3.63) is 48.0 Å². The molecule has 1 saturated heterocycles. The molecular formula is C20H24N2O2S. The maximum absolute atomic E-state index is 12.2. The van der Waals surface area contributed by atoms with Gasteiger partial charge in [-0.25, -0.2) is 0 Å². The zero-order valence-electron chi connectivity index (χ0n) is 14.7. The van der Waals surface area contributed by atoms with Gasteiger partial charge in [-0.15, -0.1) is 11.8 Å². The smallest absolute Gasteiger partial charge is 0.234 e. The number of hydrogen-bond acceptors (Lipinski definition) is 4. The molecule has 0 aromatic heterocycles. The number of nitrogens with one attached hydrogen (secondary N) is 1. The molecule has 2 aromatic carbocycles. The summed E-state index contributed by atoms with van der Waals surface area (Å²) in [7, 11) is 1.65. The number of amides is 1. The van der Waals surface area contributed by atoms with Crippen molar-refractivity contribution in [2.45, 2.75) is 24.7 Å². The minimum Gasteiger partial charge on any atom is -0.497 e. The van der Waals surface area contributed by atoms with Crippen molar-refractivity contribution in [1.82, 2.24) is 0 Å². The third-order valence-electron chi connectivity index (χ3n) is 4.38. The maximum Gasteiger partial charge on any atom is 0.234 e. The molecule has 0 saturated carbocycles. The number of carbonyl (C=O) groups excluding carboxylic acids is 1. The van der Waals surface area contributed by atoms with Crippen LogP contribution in [0.15, 0.2) is 47.4 Å². The molecule has 3 rings (SSSR count). The molecule has 0 aliphatic carbocycles. The maximum atomic E-state index is 12.2. The van der Waals surface area contributed by atoms with E-state index in [4.69, 9.17) is 4.74 Å². The van der Waals surface area contributed by atoms with Crippen LogP contribution in [0.1, 0.15) is 18.4 Å². The molecule has 1 heterocycles. The highest BCUT2D eigenvalue weighted by Gasteiger charge is 2.13. The molecule has 0 radical (unpaired) electrons. The van der Waals surface area contributed by atoms with Gasteiger partial charge in [0.1, 0.15) is 5.75 Å². The van der Waals surface area contributed by atoms with Gasteiger partial charge in [0.05, 0.1) is 12.9 Å². The number of anilines is 2. The van der Waals surface area contributed by atoms with E-state index in [2.05, 4.69) is 22.3 Å². The summed E-state index contributed by atoms with van der Waals surface area (Å²) in [5.41, 5.74) is 3.25. The Labute approximate surface area is 153 Å². The summed E-state index contributed by atoms with van der Waals surface area (Å²) in [6.07, 6.45) is 2.53. The van der Waals surface area contributed by atoms with Gasteiger partial charge in [-0.1, -0.05) is 0 Å². The molecular weight excluding hydrogens is 332 g/mol. The van der Waals surface area contributed by atoms with Crippen molar-refractivity contribution in [3.63, 3.8) is 0 Å². The Kier molecular flexibility index (Phi) is 5.87. The SMILES string of the molecule is COc1ccc(SCC(=O)Nc2ccc(N3CCCC3)cc2C)cc1. The molecule has 0 unspecified atom stereocenters.